The van der Waals surface area contributed by atoms with E-state index in [4.69, 9.17) is 4.99 Å². The monoisotopic (exact) mass is 519 g/mol. The Hall–Kier alpha value is -2.89. The van der Waals surface area contributed by atoms with E-state index in [0.717, 1.165) is 79.3 Å². The molecule has 1 unspecified atom stereocenters. The van der Waals surface area contributed by atoms with Crippen LogP contribution >= 0.6 is 0 Å². The normalized spacial score (nSPS) is 28.6. The van der Waals surface area contributed by atoms with Crippen molar-refractivity contribution >= 4 is 17.5 Å². The van der Waals surface area contributed by atoms with E-state index in [1.165, 1.54) is 17.7 Å². The molecular formula is C32H49N5O. The summed E-state index contributed by atoms with van der Waals surface area (Å²) < 4.78 is 0. The number of fused-ring (bicyclic) bond motifs is 1. The van der Waals surface area contributed by atoms with E-state index in [1.54, 1.807) is 0 Å². The van der Waals surface area contributed by atoms with Crippen LogP contribution in [0.3, 0.4) is 0 Å². The zero-order valence-corrected chi connectivity index (χ0v) is 25.3. The summed E-state index contributed by atoms with van der Waals surface area (Å²) in [4.78, 5) is 30.4. The Labute approximate surface area is 231 Å². The molecule has 1 aromatic carbocycles. The number of carbonyl (C=O) groups is 1. The molecule has 0 aliphatic carbocycles. The maximum absolute atomic E-state index is 13.8. The van der Waals surface area contributed by atoms with E-state index in [1.807, 2.05) is 19.0 Å². The first-order chi connectivity index (χ1) is 18.1. The molecule has 3 rings (SSSR count). The number of hydrogen-bond acceptors (Lipinski definition) is 5. The molecule has 38 heavy (non-hydrogen) atoms. The molecule has 2 atom stereocenters. The van der Waals surface area contributed by atoms with Gasteiger partial charge in [0.1, 0.15) is 5.84 Å². The average Bonchev–Trinajstić information content (AvgIpc) is 3.33. The van der Waals surface area contributed by atoms with Crippen molar-refractivity contribution < 1.29 is 4.79 Å². The molecule has 0 N–H and O–H groups in total. The van der Waals surface area contributed by atoms with Crippen LogP contribution in [0, 0.1) is 12.8 Å². The van der Waals surface area contributed by atoms with E-state index < -0.39 is 0 Å². The van der Waals surface area contributed by atoms with Crippen LogP contribution in [0.25, 0.3) is 0 Å². The molecule has 1 aromatic rings. The first-order valence-corrected chi connectivity index (χ1v) is 14.3. The van der Waals surface area contributed by atoms with Crippen molar-refractivity contribution in [2.24, 2.45) is 15.9 Å². The molecule has 1 fully saturated rings. The molecule has 1 amide bonds. The Balaban J connectivity index is 2.12. The molecule has 0 saturated carbocycles. The summed E-state index contributed by atoms with van der Waals surface area (Å²) in [6, 6.07) is 6.19. The number of hydrogen-bond donors (Lipinski definition) is 0. The van der Waals surface area contributed by atoms with Gasteiger partial charge in [-0.05, 0) is 83.4 Å². The highest BCUT2D eigenvalue weighted by molar-refractivity contribution is 6.05. The second-order valence-electron chi connectivity index (χ2n) is 11.3. The molecule has 1 saturated heterocycles. The average molecular weight is 520 g/mol. The maximum atomic E-state index is 13.8. The Kier molecular flexibility index (Phi) is 10.3. The van der Waals surface area contributed by atoms with Gasteiger partial charge < -0.3 is 14.7 Å². The fraction of sp³-hybridized carbons (Fsp3) is 0.594. The second kappa shape index (κ2) is 13.3. The van der Waals surface area contributed by atoms with Crippen LogP contribution < -0.4 is 0 Å². The Bertz CT molecular complexity index is 1130. The summed E-state index contributed by atoms with van der Waals surface area (Å²) >= 11 is 0. The van der Waals surface area contributed by atoms with E-state index in [9.17, 15) is 4.79 Å². The van der Waals surface area contributed by atoms with Gasteiger partial charge in [-0.2, -0.15) is 0 Å². The number of nitrogens with zero attached hydrogens (tertiary/aromatic N) is 5. The van der Waals surface area contributed by atoms with Gasteiger partial charge in [0.2, 0.25) is 0 Å². The highest BCUT2D eigenvalue weighted by atomic mass is 16.2. The second-order valence-corrected chi connectivity index (χ2v) is 11.3. The van der Waals surface area contributed by atoms with Gasteiger partial charge >= 0.3 is 0 Å². The maximum Gasteiger partial charge on any atom is 0.254 e. The third-order valence-electron chi connectivity index (χ3n) is 8.27. The number of rotatable bonds is 1. The van der Waals surface area contributed by atoms with Crippen LogP contribution in [-0.4, -0.2) is 79.0 Å². The van der Waals surface area contributed by atoms with Gasteiger partial charge in [-0.1, -0.05) is 31.5 Å². The molecule has 0 aromatic heterocycles. The lowest BCUT2D eigenvalue weighted by atomic mass is 9.97. The number of aryl methyl sites for hydroxylation is 2. The minimum Gasteiger partial charge on any atom is -0.378 e. The lowest BCUT2D eigenvalue weighted by Crippen LogP contribution is -2.42. The van der Waals surface area contributed by atoms with Gasteiger partial charge in [0.05, 0.1) is 11.8 Å². The SMILES string of the molecule is CCC1C(=NC)/C=C(C)/N=C(N2CC[C@H](C)C2)/C(C)=C(\C)N(C)CCCCc2ccc(C)cc2C(=O)N1C. The fourth-order valence-electron chi connectivity index (χ4n) is 5.64. The van der Waals surface area contributed by atoms with E-state index in [2.05, 4.69) is 87.7 Å². The molecule has 2 aliphatic heterocycles. The number of likely N-dealkylation sites (tertiary alicyclic amines) is 1. The van der Waals surface area contributed by atoms with Gasteiger partial charge in [0, 0.05) is 63.3 Å². The topological polar surface area (TPSA) is 51.5 Å². The van der Waals surface area contributed by atoms with Crippen molar-refractivity contribution in [3.05, 3.63) is 57.9 Å². The molecule has 0 bridgehead atoms. The van der Waals surface area contributed by atoms with Crippen molar-refractivity contribution in [2.45, 2.75) is 79.7 Å². The Morgan fingerprint density at radius 1 is 1.08 bits per heavy atom. The molecule has 2 heterocycles. The lowest BCUT2D eigenvalue weighted by molar-refractivity contribution is 0.0767. The van der Waals surface area contributed by atoms with Crippen LogP contribution in [0.2, 0.25) is 0 Å². The van der Waals surface area contributed by atoms with Gasteiger partial charge in [0.25, 0.3) is 5.91 Å². The van der Waals surface area contributed by atoms with Crippen LogP contribution in [0.4, 0.5) is 0 Å². The predicted molar refractivity (Wildman–Crippen MR) is 161 cm³/mol. The van der Waals surface area contributed by atoms with E-state index in [-0.39, 0.29) is 11.9 Å². The zero-order valence-electron chi connectivity index (χ0n) is 25.3. The highest BCUT2D eigenvalue weighted by Gasteiger charge is 2.27. The summed E-state index contributed by atoms with van der Waals surface area (Å²) in [5, 5.41) is 0. The van der Waals surface area contributed by atoms with Crippen LogP contribution in [-0.2, 0) is 6.42 Å². The molecule has 0 spiro atoms. The first-order valence-electron chi connectivity index (χ1n) is 14.3. The summed E-state index contributed by atoms with van der Waals surface area (Å²) in [6.45, 7) is 16.0. The van der Waals surface area contributed by atoms with Crippen LogP contribution in [0.15, 0.2) is 51.2 Å². The molecule has 0 radical (unpaired) electrons. The van der Waals surface area contributed by atoms with Crippen molar-refractivity contribution in [1.82, 2.24) is 14.7 Å². The quantitative estimate of drug-likeness (QED) is 0.449. The highest BCUT2D eigenvalue weighted by Crippen LogP contribution is 2.24. The summed E-state index contributed by atoms with van der Waals surface area (Å²) in [5.74, 6) is 1.79. The fourth-order valence-corrected chi connectivity index (χ4v) is 5.64. The van der Waals surface area contributed by atoms with Crippen molar-refractivity contribution in [3.63, 3.8) is 0 Å². The molecule has 208 valence electrons. The van der Waals surface area contributed by atoms with Crippen LogP contribution in [0.5, 0.6) is 0 Å². The number of amides is 1. The summed E-state index contributed by atoms with van der Waals surface area (Å²) in [6.07, 6.45) is 7.04. The minimum atomic E-state index is -0.124. The van der Waals surface area contributed by atoms with Crippen LogP contribution in [0.1, 0.15) is 81.8 Å². The Morgan fingerprint density at radius 3 is 2.45 bits per heavy atom. The van der Waals surface area contributed by atoms with Gasteiger partial charge in [-0.25, -0.2) is 4.99 Å². The number of allylic oxidation sites excluding steroid dienone is 2. The van der Waals surface area contributed by atoms with Gasteiger partial charge in [-0.15, -0.1) is 0 Å². The summed E-state index contributed by atoms with van der Waals surface area (Å²) in [7, 11) is 5.91. The predicted octanol–water partition coefficient (Wildman–Crippen LogP) is 6.12. The van der Waals surface area contributed by atoms with E-state index in [0.29, 0.717) is 5.92 Å². The summed E-state index contributed by atoms with van der Waals surface area (Å²) in [5.41, 5.74) is 7.35. The van der Waals surface area contributed by atoms with Crippen molar-refractivity contribution in [1.29, 1.82) is 0 Å². The first kappa shape index (κ1) is 29.7. The minimum absolute atomic E-state index is 0.0628. The molecule has 2 aliphatic rings. The number of carbonyl (C=O) groups excluding carboxylic acids is 1. The van der Waals surface area contributed by atoms with Gasteiger partial charge in [0.15, 0.2) is 0 Å². The molecule has 6 nitrogen and oxygen atoms in total. The lowest BCUT2D eigenvalue weighted by Gasteiger charge is -2.29. The molecule has 6 heteroatoms. The van der Waals surface area contributed by atoms with Crippen molar-refractivity contribution in [3.8, 4) is 0 Å². The van der Waals surface area contributed by atoms with Crippen molar-refractivity contribution in [2.75, 3.05) is 40.8 Å². The van der Waals surface area contributed by atoms with E-state index >= 15 is 0 Å². The third kappa shape index (κ3) is 6.95. The third-order valence-corrected chi connectivity index (χ3v) is 8.27. The number of aliphatic imine (C=N–C) groups is 2. The number of benzene rings is 1. The smallest absolute Gasteiger partial charge is 0.254 e. The molecular weight excluding hydrogens is 470 g/mol. The zero-order chi connectivity index (χ0) is 28.0. The largest absolute Gasteiger partial charge is 0.378 e. The standard InChI is InChI=1S/C32H49N5O/c1-10-30-29(33-7)20-24(4)34-31(37-18-16-23(3)21-37)25(5)26(6)35(8)17-12-11-13-27-15-14-22(2)19-28(27)32(38)36(30)9/h14-15,19-20,23,30H,10-13,16-18,21H2,1-9H3/b24-20+,26-25+,33-29?,34-31-/t23-,30?/m0/s1. The van der Waals surface area contributed by atoms with Gasteiger partial charge in [-0.3, -0.25) is 9.79 Å². The Morgan fingerprint density at radius 2 is 1.82 bits per heavy atom. The number of amidine groups is 1.